The minimum Gasteiger partial charge on any atom is -0.393 e. The van der Waals surface area contributed by atoms with Crippen LogP contribution in [0.1, 0.15) is 25.3 Å². The Kier molecular flexibility index (Phi) is 2.09. The van der Waals surface area contributed by atoms with Gasteiger partial charge in [-0.1, -0.05) is 30.7 Å². The van der Waals surface area contributed by atoms with E-state index in [-0.39, 0.29) is 11.5 Å². The van der Waals surface area contributed by atoms with Crippen molar-refractivity contribution in [3.8, 4) is 0 Å². The van der Waals surface area contributed by atoms with Gasteiger partial charge in [0.1, 0.15) is 0 Å². The molecule has 1 aromatic carbocycles. The molecule has 0 aromatic heterocycles. The Morgan fingerprint density at radius 3 is 2.31 bits per heavy atom. The van der Waals surface area contributed by atoms with Gasteiger partial charge in [0, 0.05) is 5.02 Å². The van der Waals surface area contributed by atoms with Crippen molar-refractivity contribution in [2.45, 2.75) is 31.3 Å². The maximum atomic E-state index is 9.27. The first-order valence-corrected chi connectivity index (χ1v) is 4.92. The summed E-state index contributed by atoms with van der Waals surface area (Å²) in [7, 11) is 0. The molecular weight excluding hydrogens is 184 g/mol. The van der Waals surface area contributed by atoms with E-state index in [0.717, 1.165) is 17.9 Å². The molecule has 0 atom stereocenters. The van der Waals surface area contributed by atoms with Crippen LogP contribution in [0.25, 0.3) is 0 Å². The van der Waals surface area contributed by atoms with E-state index in [1.165, 1.54) is 5.56 Å². The molecule has 0 spiro atoms. The van der Waals surface area contributed by atoms with Crippen molar-refractivity contribution in [3.63, 3.8) is 0 Å². The number of aliphatic hydroxyl groups excluding tert-OH is 1. The van der Waals surface area contributed by atoms with Gasteiger partial charge < -0.3 is 5.11 Å². The predicted molar refractivity (Wildman–Crippen MR) is 54.0 cm³/mol. The van der Waals surface area contributed by atoms with E-state index in [1.54, 1.807) is 0 Å². The lowest BCUT2D eigenvalue weighted by molar-refractivity contribution is 0.0273. The fraction of sp³-hybridized carbons (Fsp3) is 0.455. The molecule has 1 fully saturated rings. The van der Waals surface area contributed by atoms with Crippen molar-refractivity contribution in [2.75, 3.05) is 0 Å². The molecule has 0 aliphatic heterocycles. The van der Waals surface area contributed by atoms with Gasteiger partial charge in [0.25, 0.3) is 0 Å². The van der Waals surface area contributed by atoms with E-state index >= 15 is 0 Å². The first kappa shape index (κ1) is 9.04. The lowest BCUT2D eigenvalue weighted by atomic mass is 9.64. The highest BCUT2D eigenvalue weighted by molar-refractivity contribution is 6.30. The fourth-order valence-electron chi connectivity index (χ4n) is 2.07. The Bertz CT molecular complexity index is 298. The summed E-state index contributed by atoms with van der Waals surface area (Å²) < 4.78 is 0. The molecule has 1 saturated carbocycles. The Labute approximate surface area is 83.3 Å². The van der Waals surface area contributed by atoms with E-state index in [1.807, 2.05) is 24.3 Å². The minimum atomic E-state index is -0.110. The zero-order chi connectivity index (χ0) is 9.47. The number of halogens is 1. The van der Waals surface area contributed by atoms with Gasteiger partial charge in [-0.3, -0.25) is 0 Å². The molecule has 2 rings (SSSR count). The van der Waals surface area contributed by atoms with Crippen molar-refractivity contribution in [1.82, 2.24) is 0 Å². The molecule has 13 heavy (non-hydrogen) atoms. The second-order valence-electron chi connectivity index (χ2n) is 4.13. The van der Waals surface area contributed by atoms with Gasteiger partial charge in [-0.05, 0) is 36.0 Å². The van der Waals surface area contributed by atoms with E-state index in [4.69, 9.17) is 11.6 Å². The average Bonchev–Trinajstić information content (AvgIpc) is 2.03. The molecule has 1 aliphatic rings. The second-order valence-corrected chi connectivity index (χ2v) is 4.57. The number of benzene rings is 1. The van der Waals surface area contributed by atoms with Crippen molar-refractivity contribution in [2.24, 2.45) is 0 Å². The quantitative estimate of drug-likeness (QED) is 0.733. The van der Waals surface area contributed by atoms with Gasteiger partial charge in [0.2, 0.25) is 0 Å². The minimum absolute atomic E-state index is 0.110. The molecule has 0 bridgehead atoms. The van der Waals surface area contributed by atoms with Crippen LogP contribution in [0.4, 0.5) is 0 Å². The summed E-state index contributed by atoms with van der Waals surface area (Å²) in [5, 5.41) is 10.0. The highest BCUT2D eigenvalue weighted by atomic mass is 35.5. The zero-order valence-corrected chi connectivity index (χ0v) is 8.38. The third-order valence-corrected chi connectivity index (χ3v) is 3.17. The molecule has 0 heterocycles. The summed E-state index contributed by atoms with van der Waals surface area (Å²) in [5.74, 6) is 0. The van der Waals surface area contributed by atoms with Crippen LogP contribution < -0.4 is 0 Å². The molecule has 1 aliphatic carbocycles. The third-order valence-electron chi connectivity index (χ3n) is 2.91. The van der Waals surface area contributed by atoms with Crippen LogP contribution in [0.5, 0.6) is 0 Å². The second kappa shape index (κ2) is 3.00. The van der Waals surface area contributed by atoms with E-state index in [9.17, 15) is 5.11 Å². The number of rotatable bonds is 1. The topological polar surface area (TPSA) is 20.2 Å². The van der Waals surface area contributed by atoms with E-state index in [2.05, 4.69) is 6.92 Å². The van der Waals surface area contributed by atoms with Crippen LogP contribution in [0.2, 0.25) is 5.02 Å². The van der Waals surface area contributed by atoms with Gasteiger partial charge >= 0.3 is 0 Å². The van der Waals surface area contributed by atoms with Gasteiger partial charge in [-0.25, -0.2) is 0 Å². The van der Waals surface area contributed by atoms with Crippen LogP contribution in [0.15, 0.2) is 24.3 Å². The maximum Gasteiger partial charge on any atom is 0.0557 e. The Hall–Kier alpha value is -0.530. The molecule has 2 heteroatoms. The van der Waals surface area contributed by atoms with Gasteiger partial charge in [0.15, 0.2) is 0 Å². The Morgan fingerprint density at radius 1 is 1.31 bits per heavy atom. The van der Waals surface area contributed by atoms with Crippen LogP contribution in [0, 0.1) is 0 Å². The third kappa shape index (κ3) is 1.59. The standard InChI is InChI=1S/C11H13ClO/c1-11(6-10(13)7-11)8-2-4-9(12)5-3-8/h2-5,10,13H,6-7H2,1H3. The van der Waals surface area contributed by atoms with Crippen LogP contribution in [0.3, 0.4) is 0 Å². The number of hydrogen-bond donors (Lipinski definition) is 1. The van der Waals surface area contributed by atoms with Crippen LogP contribution in [-0.4, -0.2) is 11.2 Å². The molecule has 0 unspecified atom stereocenters. The molecule has 0 amide bonds. The molecule has 1 aromatic rings. The summed E-state index contributed by atoms with van der Waals surface area (Å²) in [5.41, 5.74) is 1.45. The zero-order valence-electron chi connectivity index (χ0n) is 7.63. The number of hydrogen-bond acceptors (Lipinski definition) is 1. The number of aliphatic hydroxyl groups is 1. The summed E-state index contributed by atoms with van der Waals surface area (Å²) >= 11 is 5.80. The first-order valence-electron chi connectivity index (χ1n) is 4.54. The average molecular weight is 197 g/mol. The van der Waals surface area contributed by atoms with Crippen molar-refractivity contribution >= 4 is 11.6 Å². The first-order chi connectivity index (χ1) is 6.10. The highest BCUT2D eigenvalue weighted by Crippen LogP contribution is 2.43. The lowest BCUT2D eigenvalue weighted by Gasteiger charge is -2.43. The monoisotopic (exact) mass is 196 g/mol. The van der Waals surface area contributed by atoms with Gasteiger partial charge in [-0.15, -0.1) is 0 Å². The normalized spacial score (nSPS) is 32.7. The van der Waals surface area contributed by atoms with Crippen LogP contribution in [-0.2, 0) is 5.41 Å². The van der Waals surface area contributed by atoms with Gasteiger partial charge in [0.05, 0.1) is 6.10 Å². The molecule has 0 saturated heterocycles. The maximum absolute atomic E-state index is 9.27. The molecule has 1 nitrogen and oxygen atoms in total. The van der Waals surface area contributed by atoms with Crippen molar-refractivity contribution in [1.29, 1.82) is 0 Å². The largest absolute Gasteiger partial charge is 0.393 e. The van der Waals surface area contributed by atoms with E-state index < -0.39 is 0 Å². The SMILES string of the molecule is CC1(c2ccc(Cl)cc2)CC(O)C1. The highest BCUT2D eigenvalue weighted by Gasteiger charge is 2.40. The molecule has 1 N–H and O–H groups in total. The summed E-state index contributed by atoms with van der Waals surface area (Å²) in [4.78, 5) is 0. The smallest absolute Gasteiger partial charge is 0.0557 e. The van der Waals surface area contributed by atoms with Crippen LogP contribution >= 0.6 is 11.6 Å². The van der Waals surface area contributed by atoms with Crippen molar-refractivity contribution < 1.29 is 5.11 Å². The van der Waals surface area contributed by atoms with Gasteiger partial charge in [-0.2, -0.15) is 0 Å². The molecule has 0 radical (unpaired) electrons. The van der Waals surface area contributed by atoms with E-state index in [0.29, 0.717) is 0 Å². The lowest BCUT2D eigenvalue weighted by Crippen LogP contribution is -2.41. The predicted octanol–water partition coefficient (Wildman–Crippen LogP) is 2.75. The Balaban J connectivity index is 2.22. The molecule has 70 valence electrons. The molecular formula is C11H13ClO. The fourth-order valence-corrected chi connectivity index (χ4v) is 2.19. The Morgan fingerprint density at radius 2 is 1.85 bits per heavy atom. The summed E-state index contributed by atoms with van der Waals surface area (Å²) in [6.07, 6.45) is 1.63. The summed E-state index contributed by atoms with van der Waals surface area (Å²) in [6.45, 7) is 2.18. The van der Waals surface area contributed by atoms with Crippen molar-refractivity contribution in [3.05, 3.63) is 34.9 Å². The summed E-state index contributed by atoms with van der Waals surface area (Å²) in [6, 6.07) is 7.92.